The van der Waals surface area contributed by atoms with Crippen LogP contribution in [-0.4, -0.2) is 17.1 Å². The second-order valence-electron chi connectivity index (χ2n) is 3.62. The summed E-state index contributed by atoms with van der Waals surface area (Å²) >= 11 is 0. The van der Waals surface area contributed by atoms with Crippen molar-refractivity contribution in [1.29, 1.82) is 0 Å². The minimum atomic E-state index is -0.170. The first-order valence-electron chi connectivity index (χ1n) is 5.50. The fraction of sp³-hybridized carbons (Fsp3) is 0.0769. The maximum absolute atomic E-state index is 11.5. The van der Waals surface area contributed by atoms with Crippen LogP contribution in [0, 0.1) is 0 Å². The van der Waals surface area contributed by atoms with Crippen molar-refractivity contribution >= 4 is 12.1 Å². The van der Waals surface area contributed by atoms with Gasteiger partial charge in [-0.3, -0.25) is 9.78 Å². The normalized spacial score (nSPS) is 9.89. The Morgan fingerprint density at radius 2 is 1.95 bits per heavy atom. The number of carbonyl (C=O) groups is 1. The third kappa shape index (κ3) is 5.27. The van der Waals surface area contributed by atoms with Crippen LogP contribution in [0.15, 0.2) is 60.2 Å². The van der Waals surface area contributed by atoms with Gasteiger partial charge in [0, 0.05) is 24.5 Å². The Bertz CT molecular complexity index is 531. The number of hydrogen-bond donors (Lipinski definition) is 1. The molecule has 2 rings (SSSR count). The number of hydrazone groups is 1. The lowest BCUT2D eigenvalue weighted by Gasteiger charge is -1.96. The molecule has 0 radical (unpaired) electrons. The van der Waals surface area contributed by atoms with Crippen molar-refractivity contribution < 1.29 is 21.8 Å². The highest BCUT2D eigenvalue weighted by Crippen LogP contribution is 1.89. The standard InChI is InChI=1S/C13H12N4O.ClH/c18-13(11-17-8-2-1-3-9-17)16-15-10-12-4-6-14-7-5-12;/h1-10H,11H2;1H. The number of aromatic nitrogens is 2. The minimum Gasteiger partial charge on any atom is -1.00 e. The molecular weight excluding hydrogens is 264 g/mol. The summed E-state index contributed by atoms with van der Waals surface area (Å²) in [7, 11) is 0. The molecule has 1 amide bonds. The first kappa shape index (κ1) is 14.8. The van der Waals surface area contributed by atoms with E-state index in [0.29, 0.717) is 0 Å². The summed E-state index contributed by atoms with van der Waals surface area (Å²) < 4.78 is 1.78. The smallest absolute Gasteiger partial charge is 0.305 e. The van der Waals surface area contributed by atoms with Gasteiger partial charge < -0.3 is 12.4 Å². The molecule has 2 aromatic rings. The molecular formula is C13H13ClN4O. The van der Waals surface area contributed by atoms with Crippen LogP contribution in [0.5, 0.6) is 0 Å². The van der Waals surface area contributed by atoms with Crippen LogP contribution < -0.4 is 22.4 Å². The van der Waals surface area contributed by atoms with Crippen LogP contribution >= 0.6 is 0 Å². The van der Waals surface area contributed by atoms with Gasteiger partial charge >= 0.3 is 5.91 Å². The average molecular weight is 277 g/mol. The molecule has 2 aromatic heterocycles. The van der Waals surface area contributed by atoms with Crippen molar-refractivity contribution in [2.75, 3.05) is 0 Å². The highest BCUT2D eigenvalue weighted by Gasteiger charge is 2.06. The van der Waals surface area contributed by atoms with Crippen LogP contribution in [0.3, 0.4) is 0 Å². The number of carbonyl (C=O) groups excluding carboxylic acids is 1. The summed E-state index contributed by atoms with van der Waals surface area (Å²) in [6.45, 7) is 0.245. The topological polar surface area (TPSA) is 58.2 Å². The zero-order valence-corrected chi connectivity index (χ0v) is 10.9. The van der Waals surface area contributed by atoms with Crippen LogP contribution in [0.1, 0.15) is 5.56 Å². The molecule has 0 saturated heterocycles. The van der Waals surface area contributed by atoms with E-state index >= 15 is 0 Å². The zero-order valence-electron chi connectivity index (χ0n) is 10.1. The average Bonchev–Trinajstić information content (AvgIpc) is 2.41. The zero-order chi connectivity index (χ0) is 12.6. The first-order chi connectivity index (χ1) is 8.84. The molecule has 0 aliphatic rings. The third-order valence-corrected chi connectivity index (χ3v) is 2.21. The summed E-state index contributed by atoms with van der Waals surface area (Å²) in [5.74, 6) is -0.170. The van der Waals surface area contributed by atoms with Crippen molar-refractivity contribution in [2.24, 2.45) is 5.10 Å². The van der Waals surface area contributed by atoms with Crippen molar-refractivity contribution in [3.63, 3.8) is 0 Å². The van der Waals surface area contributed by atoms with Gasteiger partial charge in [0.2, 0.25) is 6.54 Å². The monoisotopic (exact) mass is 276 g/mol. The number of halogens is 1. The van der Waals surface area contributed by atoms with Gasteiger partial charge in [0.1, 0.15) is 0 Å². The molecule has 2 heterocycles. The highest BCUT2D eigenvalue weighted by atomic mass is 35.5. The Morgan fingerprint density at radius 3 is 2.63 bits per heavy atom. The third-order valence-electron chi connectivity index (χ3n) is 2.21. The SMILES string of the molecule is O=C(C[n+]1ccccc1)N/N=C/c1ccncc1.[Cl-]. The predicted molar refractivity (Wildman–Crippen MR) is 66.6 cm³/mol. The fourth-order valence-corrected chi connectivity index (χ4v) is 1.37. The van der Waals surface area contributed by atoms with Crippen molar-refractivity contribution in [3.05, 3.63) is 60.7 Å². The molecule has 5 nitrogen and oxygen atoms in total. The maximum Gasteiger partial charge on any atom is 0.305 e. The molecule has 0 aliphatic carbocycles. The molecule has 1 N–H and O–H groups in total. The Morgan fingerprint density at radius 1 is 1.26 bits per heavy atom. The van der Waals surface area contributed by atoms with Gasteiger partial charge in [0.05, 0.1) is 6.21 Å². The Hall–Kier alpha value is -2.27. The van der Waals surface area contributed by atoms with Gasteiger partial charge in [-0.05, 0) is 17.7 Å². The summed E-state index contributed by atoms with van der Waals surface area (Å²) in [5, 5.41) is 3.87. The number of nitrogens with zero attached hydrogens (tertiary/aromatic N) is 3. The minimum absolute atomic E-state index is 0. The Labute approximate surface area is 117 Å². The maximum atomic E-state index is 11.5. The van der Waals surface area contributed by atoms with Crippen molar-refractivity contribution in [2.45, 2.75) is 6.54 Å². The van der Waals surface area contributed by atoms with E-state index in [0.717, 1.165) is 5.56 Å². The molecule has 6 heteroatoms. The molecule has 0 atom stereocenters. The van der Waals surface area contributed by atoms with E-state index < -0.39 is 0 Å². The van der Waals surface area contributed by atoms with Crippen LogP contribution in [0.2, 0.25) is 0 Å². The van der Waals surface area contributed by atoms with Gasteiger partial charge in [-0.15, -0.1) is 0 Å². The van der Waals surface area contributed by atoms with Gasteiger partial charge in [-0.2, -0.15) is 9.67 Å². The Kier molecular flexibility index (Phi) is 6.18. The molecule has 0 fully saturated rings. The molecule has 0 saturated carbocycles. The Balaban J connectivity index is 0.00000180. The number of hydrogen-bond acceptors (Lipinski definition) is 3. The summed E-state index contributed by atoms with van der Waals surface area (Å²) in [4.78, 5) is 15.4. The fourth-order valence-electron chi connectivity index (χ4n) is 1.37. The van der Waals surface area contributed by atoms with Crippen molar-refractivity contribution in [3.8, 4) is 0 Å². The van der Waals surface area contributed by atoms with E-state index in [1.54, 1.807) is 23.2 Å². The molecule has 19 heavy (non-hydrogen) atoms. The highest BCUT2D eigenvalue weighted by molar-refractivity contribution is 5.81. The second-order valence-corrected chi connectivity index (χ2v) is 3.62. The molecule has 0 unspecified atom stereocenters. The largest absolute Gasteiger partial charge is 1.00 e. The quantitative estimate of drug-likeness (QED) is 0.382. The lowest BCUT2D eigenvalue weighted by Crippen LogP contribution is -3.00. The molecule has 0 spiro atoms. The van der Waals surface area contributed by atoms with E-state index in [1.165, 1.54) is 0 Å². The van der Waals surface area contributed by atoms with Gasteiger partial charge in [0.15, 0.2) is 12.4 Å². The molecule has 0 aromatic carbocycles. The van der Waals surface area contributed by atoms with E-state index in [4.69, 9.17) is 0 Å². The number of nitrogens with one attached hydrogen (secondary N) is 1. The van der Waals surface area contributed by atoms with E-state index in [9.17, 15) is 4.79 Å². The van der Waals surface area contributed by atoms with Crippen LogP contribution in [0.4, 0.5) is 0 Å². The summed E-state index contributed by atoms with van der Waals surface area (Å²) in [6, 6.07) is 9.25. The lowest BCUT2D eigenvalue weighted by atomic mass is 10.3. The van der Waals surface area contributed by atoms with Gasteiger partial charge in [-0.25, -0.2) is 5.43 Å². The van der Waals surface area contributed by atoms with E-state index in [1.807, 2.05) is 42.7 Å². The lowest BCUT2D eigenvalue weighted by molar-refractivity contribution is -0.684. The summed E-state index contributed by atoms with van der Waals surface area (Å²) in [5.41, 5.74) is 3.36. The van der Waals surface area contributed by atoms with Crippen LogP contribution in [-0.2, 0) is 11.3 Å². The molecule has 0 bridgehead atoms. The van der Waals surface area contributed by atoms with E-state index in [-0.39, 0.29) is 24.9 Å². The van der Waals surface area contributed by atoms with Gasteiger partial charge in [0.25, 0.3) is 0 Å². The van der Waals surface area contributed by atoms with Gasteiger partial charge in [-0.1, -0.05) is 6.07 Å². The van der Waals surface area contributed by atoms with Crippen molar-refractivity contribution in [1.82, 2.24) is 10.4 Å². The predicted octanol–water partition coefficient (Wildman–Crippen LogP) is -2.48. The summed E-state index contributed by atoms with van der Waals surface area (Å²) in [6.07, 6.45) is 8.57. The number of rotatable bonds is 4. The molecule has 0 aliphatic heterocycles. The van der Waals surface area contributed by atoms with E-state index in [2.05, 4.69) is 15.5 Å². The molecule has 98 valence electrons. The number of amides is 1. The van der Waals surface area contributed by atoms with Crippen LogP contribution in [0.25, 0.3) is 0 Å². The first-order valence-corrected chi connectivity index (χ1v) is 5.50. The number of pyridine rings is 2. The second kappa shape index (κ2) is 7.94.